The van der Waals surface area contributed by atoms with Gasteiger partial charge < -0.3 is 5.11 Å². The lowest BCUT2D eigenvalue weighted by Crippen LogP contribution is -2.06. The average Bonchev–Trinajstić information content (AvgIpc) is 3.01. The Labute approximate surface area is 134 Å². The largest absolute Gasteiger partial charge is 0.476 e. The van der Waals surface area contributed by atoms with Crippen molar-refractivity contribution in [3.05, 3.63) is 72.1 Å². The molecule has 0 saturated heterocycles. The van der Waals surface area contributed by atoms with Crippen molar-refractivity contribution in [1.82, 2.24) is 9.78 Å². The zero-order valence-electron chi connectivity index (χ0n) is 12.2. The van der Waals surface area contributed by atoms with Gasteiger partial charge in [0.1, 0.15) is 0 Å². The number of rotatable bonds is 3. The summed E-state index contributed by atoms with van der Waals surface area (Å²) in [5.74, 6) is -1.25. The van der Waals surface area contributed by atoms with E-state index in [9.17, 15) is 23.1 Å². The summed E-state index contributed by atoms with van der Waals surface area (Å²) in [7, 11) is 0. The van der Waals surface area contributed by atoms with Gasteiger partial charge in [0.25, 0.3) is 0 Å². The molecule has 0 atom stereocenters. The maximum Gasteiger partial charge on any atom is 0.416 e. The highest BCUT2D eigenvalue weighted by molar-refractivity contribution is 5.93. The summed E-state index contributed by atoms with van der Waals surface area (Å²) in [6.45, 7) is 0. The first-order valence-corrected chi connectivity index (χ1v) is 6.92. The first-order chi connectivity index (χ1) is 11.4. The van der Waals surface area contributed by atoms with Crippen LogP contribution >= 0.6 is 0 Å². The zero-order valence-corrected chi connectivity index (χ0v) is 12.2. The third-order valence-corrected chi connectivity index (χ3v) is 3.44. The minimum Gasteiger partial charge on any atom is -0.476 e. The number of aromatic nitrogens is 2. The van der Waals surface area contributed by atoms with Crippen molar-refractivity contribution >= 4 is 5.97 Å². The van der Waals surface area contributed by atoms with Crippen molar-refractivity contribution in [2.24, 2.45) is 0 Å². The lowest BCUT2D eigenvalue weighted by molar-refractivity contribution is -0.137. The Hall–Kier alpha value is -3.09. The van der Waals surface area contributed by atoms with Gasteiger partial charge in [0, 0.05) is 11.8 Å². The molecule has 0 aliphatic heterocycles. The quantitative estimate of drug-likeness (QED) is 0.780. The van der Waals surface area contributed by atoms with Gasteiger partial charge in [-0.3, -0.25) is 0 Å². The van der Waals surface area contributed by atoms with Crippen LogP contribution < -0.4 is 0 Å². The number of aromatic carboxylic acids is 1. The van der Waals surface area contributed by atoms with Crippen molar-refractivity contribution in [2.45, 2.75) is 6.18 Å². The molecule has 4 nitrogen and oxygen atoms in total. The smallest absolute Gasteiger partial charge is 0.416 e. The molecule has 0 aliphatic rings. The second-order valence-corrected chi connectivity index (χ2v) is 5.06. The maximum atomic E-state index is 12.8. The zero-order chi connectivity index (χ0) is 17.3. The van der Waals surface area contributed by atoms with E-state index in [-0.39, 0.29) is 11.4 Å². The van der Waals surface area contributed by atoms with E-state index < -0.39 is 17.7 Å². The number of alkyl halides is 3. The Kier molecular flexibility index (Phi) is 3.84. The van der Waals surface area contributed by atoms with Crippen molar-refractivity contribution < 1.29 is 23.1 Å². The minimum absolute atomic E-state index is 0.134. The highest BCUT2D eigenvalue weighted by Crippen LogP contribution is 2.31. The number of halogens is 3. The number of carboxylic acids is 1. The van der Waals surface area contributed by atoms with Crippen molar-refractivity contribution in [2.75, 3.05) is 0 Å². The van der Waals surface area contributed by atoms with Gasteiger partial charge in [-0.1, -0.05) is 36.4 Å². The first kappa shape index (κ1) is 15.8. The van der Waals surface area contributed by atoms with E-state index in [1.807, 2.05) is 0 Å². The monoisotopic (exact) mass is 332 g/mol. The highest BCUT2D eigenvalue weighted by Gasteiger charge is 2.30. The normalized spacial score (nSPS) is 11.5. The number of hydrogen-bond acceptors (Lipinski definition) is 2. The van der Waals surface area contributed by atoms with Gasteiger partial charge in [0.15, 0.2) is 5.69 Å². The molecule has 24 heavy (non-hydrogen) atoms. The Balaban J connectivity index is 2.12. The fourth-order valence-electron chi connectivity index (χ4n) is 2.32. The fraction of sp³-hybridized carbons (Fsp3) is 0.0588. The minimum atomic E-state index is -4.49. The third kappa shape index (κ3) is 3.01. The predicted octanol–water partition coefficient (Wildman–Crippen LogP) is 4.26. The van der Waals surface area contributed by atoms with E-state index >= 15 is 0 Å². The molecular formula is C17H11F3N2O2. The van der Waals surface area contributed by atoms with Crippen LogP contribution in [-0.4, -0.2) is 20.9 Å². The molecule has 3 aromatic rings. The molecule has 1 N–H and O–H groups in total. The van der Waals surface area contributed by atoms with Crippen LogP contribution in [0.25, 0.3) is 16.8 Å². The van der Waals surface area contributed by atoms with Crippen LogP contribution in [0, 0.1) is 0 Å². The van der Waals surface area contributed by atoms with Crippen LogP contribution in [0.4, 0.5) is 13.2 Å². The van der Waals surface area contributed by atoms with Gasteiger partial charge in [0.05, 0.1) is 11.3 Å². The maximum absolute atomic E-state index is 12.8. The molecular weight excluding hydrogens is 321 g/mol. The first-order valence-electron chi connectivity index (χ1n) is 6.92. The number of nitrogens with zero attached hydrogens (tertiary/aromatic N) is 2. The lowest BCUT2D eigenvalue weighted by atomic mass is 10.1. The van der Waals surface area contributed by atoms with Crippen LogP contribution in [-0.2, 0) is 6.18 Å². The molecule has 0 amide bonds. The summed E-state index contributed by atoms with van der Waals surface area (Å²) >= 11 is 0. The van der Waals surface area contributed by atoms with E-state index in [2.05, 4.69) is 5.10 Å². The molecule has 0 radical (unpaired) electrons. The van der Waals surface area contributed by atoms with Crippen LogP contribution in [0.3, 0.4) is 0 Å². The topological polar surface area (TPSA) is 55.1 Å². The third-order valence-electron chi connectivity index (χ3n) is 3.44. The Morgan fingerprint density at radius 2 is 1.75 bits per heavy atom. The van der Waals surface area contributed by atoms with Gasteiger partial charge in [0.2, 0.25) is 0 Å². The molecule has 0 spiro atoms. The van der Waals surface area contributed by atoms with Gasteiger partial charge >= 0.3 is 12.1 Å². The molecule has 0 saturated carbocycles. The molecule has 3 rings (SSSR count). The molecule has 0 aliphatic carbocycles. The molecule has 1 heterocycles. The predicted molar refractivity (Wildman–Crippen MR) is 81.0 cm³/mol. The number of benzene rings is 2. The number of hydrogen-bond donors (Lipinski definition) is 1. The van der Waals surface area contributed by atoms with E-state index in [1.54, 1.807) is 30.3 Å². The highest BCUT2D eigenvalue weighted by atomic mass is 19.4. The molecule has 2 aromatic carbocycles. The van der Waals surface area contributed by atoms with E-state index in [0.29, 0.717) is 11.1 Å². The SMILES string of the molecule is O=C(O)c1nn(-c2cccc(C(F)(F)F)c2)cc1-c1ccccc1. The Morgan fingerprint density at radius 3 is 2.38 bits per heavy atom. The van der Waals surface area contributed by atoms with Crippen molar-refractivity contribution in [1.29, 1.82) is 0 Å². The average molecular weight is 332 g/mol. The molecule has 1 aromatic heterocycles. The molecule has 0 bridgehead atoms. The van der Waals surface area contributed by atoms with Crippen LogP contribution in [0.5, 0.6) is 0 Å². The molecule has 122 valence electrons. The molecule has 0 unspecified atom stereocenters. The van der Waals surface area contributed by atoms with Crippen LogP contribution in [0.1, 0.15) is 16.1 Å². The molecule has 0 fully saturated rings. The fourth-order valence-corrected chi connectivity index (χ4v) is 2.32. The van der Waals surface area contributed by atoms with Crippen molar-refractivity contribution in [3.63, 3.8) is 0 Å². The Morgan fingerprint density at radius 1 is 1.04 bits per heavy atom. The van der Waals surface area contributed by atoms with E-state index in [0.717, 1.165) is 16.8 Å². The van der Waals surface area contributed by atoms with Gasteiger partial charge in [-0.15, -0.1) is 0 Å². The van der Waals surface area contributed by atoms with Gasteiger partial charge in [-0.25, -0.2) is 9.48 Å². The van der Waals surface area contributed by atoms with Gasteiger partial charge in [-0.05, 0) is 23.8 Å². The van der Waals surface area contributed by atoms with E-state index in [4.69, 9.17) is 0 Å². The van der Waals surface area contributed by atoms with Crippen molar-refractivity contribution in [3.8, 4) is 16.8 Å². The second kappa shape index (κ2) is 5.84. The summed E-state index contributed by atoms with van der Waals surface area (Å²) < 4.78 is 39.7. The summed E-state index contributed by atoms with van der Waals surface area (Å²) in [5, 5.41) is 13.2. The van der Waals surface area contributed by atoms with Crippen LogP contribution in [0.2, 0.25) is 0 Å². The summed E-state index contributed by atoms with van der Waals surface area (Å²) in [5.41, 5.74) is 0.0374. The summed E-state index contributed by atoms with van der Waals surface area (Å²) in [4.78, 5) is 11.4. The van der Waals surface area contributed by atoms with Gasteiger partial charge in [-0.2, -0.15) is 18.3 Å². The Bertz CT molecular complexity index is 886. The second-order valence-electron chi connectivity index (χ2n) is 5.06. The molecule has 7 heteroatoms. The van der Waals surface area contributed by atoms with E-state index in [1.165, 1.54) is 18.3 Å². The number of carboxylic acid groups (broad SMARTS) is 1. The summed E-state index contributed by atoms with van der Waals surface area (Å²) in [6, 6.07) is 13.2. The van der Waals surface area contributed by atoms with Crippen LogP contribution in [0.15, 0.2) is 60.8 Å². The number of carbonyl (C=O) groups is 1. The lowest BCUT2D eigenvalue weighted by Gasteiger charge is -2.08. The standard InChI is InChI=1S/C17H11F3N2O2/c18-17(19,20)12-7-4-8-13(9-12)22-10-14(15(21-22)16(23)24)11-5-2-1-3-6-11/h1-10H,(H,23,24). The summed E-state index contributed by atoms with van der Waals surface area (Å²) in [6.07, 6.45) is -3.07.